The van der Waals surface area contributed by atoms with Gasteiger partial charge in [-0.2, -0.15) is 0 Å². The summed E-state index contributed by atoms with van der Waals surface area (Å²) in [5, 5.41) is 11.5. The van der Waals surface area contributed by atoms with Crippen LogP contribution in [-0.4, -0.2) is 28.3 Å². The summed E-state index contributed by atoms with van der Waals surface area (Å²) < 4.78 is 0. The molecule has 21 heavy (non-hydrogen) atoms. The van der Waals surface area contributed by atoms with Gasteiger partial charge in [-0.05, 0) is 0 Å². The Hall–Kier alpha value is -3.32. The number of nitrogens with two attached hydrogens (primary N) is 4. The SMILES string of the molecule is NC(=O)N(N)c1cc(N(N)C(N)=O)c([N+](=O)[O-])c(C=O)n1. The summed E-state index contributed by atoms with van der Waals surface area (Å²) in [6.07, 6.45) is 0.0226. The van der Waals surface area contributed by atoms with E-state index in [1.807, 2.05) is 0 Å². The van der Waals surface area contributed by atoms with Crippen molar-refractivity contribution in [3.8, 4) is 0 Å². The lowest BCUT2D eigenvalue weighted by molar-refractivity contribution is -0.384. The lowest BCUT2D eigenvalue weighted by Gasteiger charge is -2.18. The summed E-state index contributed by atoms with van der Waals surface area (Å²) >= 11 is 0. The normalized spacial score (nSPS) is 9.81. The Morgan fingerprint density at radius 1 is 1.24 bits per heavy atom. The molecule has 4 amide bonds. The van der Waals surface area contributed by atoms with Crippen LogP contribution in [0.15, 0.2) is 6.07 Å². The van der Waals surface area contributed by atoms with Crippen molar-refractivity contribution in [3.05, 3.63) is 21.9 Å². The summed E-state index contributed by atoms with van der Waals surface area (Å²) in [4.78, 5) is 46.4. The first-order valence-electron chi connectivity index (χ1n) is 5.03. The predicted octanol–water partition coefficient (Wildman–Crippen LogP) is -1.68. The second kappa shape index (κ2) is 5.76. The van der Waals surface area contributed by atoms with Gasteiger partial charge in [0.2, 0.25) is 0 Å². The largest absolute Gasteiger partial charge is 0.350 e. The Labute approximate surface area is 116 Å². The molecule has 0 bridgehead atoms. The molecule has 1 heterocycles. The Morgan fingerprint density at radius 2 is 1.76 bits per heavy atom. The Balaban J connectivity index is 3.67. The zero-order valence-corrected chi connectivity index (χ0v) is 10.3. The molecule has 0 saturated heterocycles. The number of aromatic nitrogens is 1. The third kappa shape index (κ3) is 2.99. The monoisotopic (exact) mass is 298 g/mol. The number of hydrazine groups is 2. The fourth-order valence-electron chi connectivity index (χ4n) is 1.34. The van der Waals surface area contributed by atoms with E-state index in [2.05, 4.69) is 4.98 Å². The molecule has 1 rings (SSSR count). The molecular weight excluding hydrogens is 288 g/mol. The van der Waals surface area contributed by atoms with Crippen LogP contribution in [0.4, 0.5) is 26.8 Å². The molecule has 0 aliphatic carbocycles. The first kappa shape index (κ1) is 15.7. The number of hydrogen-bond donors (Lipinski definition) is 4. The number of carbonyl (C=O) groups excluding carboxylic acids is 3. The third-order valence-electron chi connectivity index (χ3n) is 2.26. The minimum absolute atomic E-state index is 0.0226. The number of pyridine rings is 1. The van der Waals surface area contributed by atoms with Gasteiger partial charge in [0.05, 0.1) is 4.92 Å². The van der Waals surface area contributed by atoms with Crippen LogP contribution in [0.3, 0.4) is 0 Å². The maximum atomic E-state index is 11.0. The predicted molar refractivity (Wildman–Crippen MR) is 68.8 cm³/mol. The van der Waals surface area contributed by atoms with Crippen LogP contribution in [0.25, 0.3) is 0 Å². The van der Waals surface area contributed by atoms with Crippen molar-refractivity contribution in [2.45, 2.75) is 0 Å². The molecule has 0 spiro atoms. The zero-order chi connectivity index (χ0) is 16.3. The summed E-state index contributed by atoms with van der Waals surface area (Å²) in [5.41, 5.74) is 7.63. The van der Waals surface area contributed by atoms with E-state index in [1.165, 1.54) is 0 Å². The number of primary amides is 2. The second-order valence-electron chi connectivity index (χ2n) is 3.52. The lowest BCUT2D eigenvalue weighted by Crippen LogP contribution is -2.44. The molecule has 0 radical (unpaired) electrons. The molecule has 1 aromatic heterocycles. The van der Waals surface area contributed by atoms with Crippen LogP contribution in [0.2, 0.25) is 0 Å². The first-order chi connectivity index (χ1) is 9.70. The maximum absolute atomic E-state index is 11.0. The van der Waals surface area contributed by atoms with Crippen molar-refractivity contribution in [3.63, 3.8) is 0 Å². The van der Waals surface area contributed by atoms with Crippen LogP contribution >= 0.6 is 0 Å². The van der Waals surface area contributed by atoms with Gasteiger partial charge in [0.25, 0.3) is 0 Å². The average Bonchev–Trinajstić information content (AvgIpc) is 2.43. The quantitative estimate of drug-likeness (QED) is 0.165. The third-order valence-corrected chi connectivity index (χ3v) is 2.26. The average molecular weight is 298 g/mol. The topological polar surface area (TPSA) is 218 Å². The van der Waals surface area contributed by atoms with Gasteiger partial charge < -0.3 is 11.5 Å². The minimum atomic E-state index is -1.25. The van der Waals surface area contributed by atoms with E-state index < -0.39 is 39.9 Å². The van der Waals surface area contributed by atoms with Gasteiger partial charge >= 0.3 is 17.7 Å². The second-order valence-corrected chi connectivity index (χ2v) is 3.52. The number of urea groups is 2. The molecule has 13 nitrogen and oxygen atoms in total. The summed E-state index contributed by atoms with van der Waals surface area (Å²) in [5.74, 6) is 10.1. The molecule has 0 fully saturated rings. The summed E-state index contributed by atoms with van der Waals surface area (Å²) in [6, 6.07) is -1.61. The van der Waals surface area contributed by atoms with Crippen LogP contribution in [0.1, 0.15) is 10.5 Å². The number of rotatable bonds is 4. The molecule has 0 aromatic carbocycles. The highest BCUT2D eigenvalue weighted by molar-refractivity contribution is 5.97. The van der Waals surface area contributed by atoms with Gasteiger partial charge in [0, 0.05) is 6.07 Å². The molecule has 0 unspecified atom stereocenters. The highest BCUT2D eigenvalue weighted by Crippen LogP contribution is 2.31. The van der Waals surface area contributed by atoms with Gasteiger partial charge in [-0.15, -0.1) is 0 Å². The highest BCUT2D eigenvalue weighted by atomic mass is 16.6. The number of amides is 4. The molecule has 0 aliphatic heterocycles. The van der Waals surface area contributed by atoms with Crippen LogP contribution in [0.5, 0.6) is 0 Å². The van der Waals surface area contributed by atoms with Crippen molar-refractivity contribution in [1.82, 2.24) is 4.98 Å². The molecule has 8 N–H and O–H groups in total. The minimum Gasteiger partial charge on any atom is -0.350 e. The molecule has 0 atom stereocenters. The van der Waals surface area contributed by atoms with Gasteiger partial charge in [0.1, 0.15) is 5.69 Å². The van der Waals surface area contributed by atoms with Gasteiger partial charge in [0.15, 0.2) is 17.8 Å². The Kier molecular flexibility index (Phi) is 4.32. The van der Waals surface area contributed by atoms with Gasteiger partial charge in [-0.1, -0.05) is 0 Å². The fraction of sp³-hybridized carbons (Fsp3) is 0. The van der Waals surface area contributed by atoms with Crippen LogP contribution < -0.4 is 33.2 Å². The standard InChI is InChI=1S/C8H10N8O5/c9-7(18)14(11)4-1-5(15(12)8(10)19)13-3(2-17)6(4)16(20)21/h1-2H,11-12H2,(H2,9,18)(H2,10,19). The van der Waals surface area contributed by atoms with E-state index >= 15 is 0 Å². The smallest absolute Gasteiger partial charge is 0.335 e. The van der Waals surface area contributed by atoms with Crippen LogP contribution in [-0.2, 0) is 0 Å². The summed E-state index contributed by atoms with van der Waals surface area (Å²) in [7, 11) is 0. The highest BCUT2D eigenvalue weighted by Gasteiger charge is 2.29. The van der Waals surface area contributed by atoms with E-state index in [1.54, 1.807) is 0 Å². The van der Waals surface area contributed by atoms with E-state index in [-0.39, 0.29) is 11.3 Å². The maximum Gasteiger partial charge on any atom is 0.335 e. The number of nitrogens with zero attached hydrogens (tertiary/aromatic N) is 4. The Morgan fingerprint density at radius 3 is 2.14 bits per heavy atom. The van der Waals surface area contributed by atoms with Crippen molar-refractivity contribution < 1.29 is 19.3 Å². The molecule has 1 aromatic rings. The molecule has 0 saturated carbocycles. The molecular formula is C8H10N8O5. The molecule has 0 aliphatic rings. The fourth-order valence-corrected chi connectivity index (χ4v) is 1.34. The van der Waals surface area contributed by atoms with Gasteiger partial charge in [-0.25, -0.2) is 36.3 Å². The van der Waals surface area contributed by atoms with E-state index in [9.17, 15) is 24.5 Å². The van der Waals surface area contributed by atoms with Crippen molar-refractivity contribution >= 4 is 35.5 Å². The van der Waals surface area contributed by atoms with Crippen molar-refractivity contribution in [2.24, 2.45) is 23.2 Å². The lowest BCUT2D eigenvalue weighted by atomic mass is 10.2. The van der Waals surface area contributed by atoms with Gasteiger partial charge in [-0.3, -0.25) is 14.9 Å². The van der Waals surface area contributed by atoms with Crippen LogP contribution in [0, 0.1) is 10.1 Å². The number of anilines is 2. The first-order valence-corrected chi connectivity index (χ1v) is 5.03. The molecule has 112 valence electrons. The van der Waals surface area contributed by atoms with Crippen molar-refractivity contribution in [2.75, 3.05) is 10.0 Å². The van der Waals surface area contributed by atoms with E-state index in [0.717, 1.165) is 6.07 Å². The van der Waals surface area contributed by atoms with E-state index in [4.69, 9.17) is 23.2 Å². The number of nitro groups is 1. The number of hydrogen-bond acceptors (Lipinski definition) is 8. The summed E-state index contributed by atoms with van der Waals surface area (Å²) in [6.45, 7) is 0. The van der Waals surface area contributed by atoms with E-state index in [0.29, 0.717) is 5.01 Å². The Bertz CT molecular complexity index is 631. The zero-order valence-electron chi connectivity index (χ0n) is 10.3. The molecule has 13 heteroatoms. The number of carbonyl (C=O) groups is 3. The number of aldehydes is 1. The van der Waals surface area contributed by atoms with Crippen molar-refractivity contribution in [1.29, 1.82) is 0 Å².